The Kier molecular flexibility index (Phi) is 4.98. The number of carboxylic acid groups (broad SMARTS) is 2. The van der Waals surface area contributed by atoms with E-state index < -0.39 is 18.0 Å². The third-order valence-electron chi connectivity index (χ3n) is 1.26. The maximum atomic E-state index is 10.4. The van der Waals surface area contributed by atoms with Crippen molar-refractivity contribution in [3.8, 4) is 0 Å². The van der Waals surface area contributed by atoms with Gasteiger partial charge in [0, 0.05) is 6.42 Å². The third-order valence-corrected chi connectivity index (χ3v) is 1.26. The molecule has 0 rings (SSSR count). The predicted molar refractivity (Wildman–Crippen MR) is 40.5 cm³/mol. The molecule has 0 fully saturated rings. The van der Waals surface area contributed by atoms with Crippen LogP contribution in [0.1, 0.15) is 12.8 Å². The van der Waals surface area contributed by atoms with Crippen molar-refractivity contribution in [2.45, 2.75) is 18.9 Å². The summed E-state index contributed by atoms with van der Waals surface area (Å²) < 4.78 is 0. The lowest BCUT2D eigenvalue weighted by Crippen LogP contribution is -2.43. The highest BCUT2D eigenvalue weighted by Gasteiger charge is 2.16. The molecule has 0 heterocycles. The molecule has 6 heteroatoms. The number of hydrazine groups is 1. The summed E-state index contributed by atoms with van der Waals surface area (Å²) in [7, 11) is 1.52. The summed E-state index contributed by atoms with van der Waals surface area (Å²) in [5.41, 5.74) is 4.87. The van der Waals surface area contributed by atoms with Gasteiger partial charge >= 0.3 is 11.9 Å². The number of rotatable bonds is 6. The average Bonchev–Trinajstić information content (AvgIpc) is 1.96. The number of carbonyl (C=O) groups is 2. The quantitative estimate of drug-likeness (QED) is 0.388. The highest BCUT2D eigenvalue weighted by molar-refractivity contribution is 5.74. The average molecular weight is 176 g/mol. The lowest BCUT2D eigenvalue weighted by atomic mass is 10.2. The van der Waals surface area contributed by atoms with Crippen LogP contribution in [0.2, 0.25) is 0 Å². The molecule has 1 atom stereocenters. The first-order valence-corrected chi connectivity index (χ1v) is 3.44. The topological polar surface area (TPSA) is 98.7 Å². The molecular weight excluding hydrogens is 164 g/mol. The van der Waals surface area contributed by atoms with Gasteiger partial charge in [-0.25, -0.2) is 5.43 Å². The molecule has 0 aliphatic carbocycles. The normalized spacial score (nSPS) is 12.4. The van der Waals surface area contributed by atoms with E-state index in [2.05, 4.69) is 10.9 Å². The summed E-state index contributed by atoms with van der Waals surface area (Å²) in [6.45, 7) is 0. The van der Waals surface area contributed by atoms with Gasteiger partial charge in [0.25, 0.3) is 0 Å². The minimum atomic E-state index is -1.06. The van der Waals surface area contributed by atoms with Gasteiger partial charge in [-0.3, -0.25) is 15.0 Å². The molecule has 70 valence electrons. The molecular formula is C6H12N2O4. The monoisotopic (exact) mass is 176 g/mol. The Morgan fingerprint density at radius 2 is 2.00 bits per heavy atom. The fourth-order valence-electron chi connectivity index (χ4n) is 0.699. The summed E-state index contributed by atoms with van der Waals surface area (Å²) >= 11 is 0. The van der Waals surface area contributed by atoms with Crippen LogP contribution in [0.25, 0.3) is 0 Å². The second kappa shape index (κ2) is 5.50. The zero-order chi connectivity index (χ0) is 9.56. The van der Waals surface area contributed by atoms with Gasteiger partial charge in [0.05, 0.1) is 0 Å². The van der Waals surface area contributed by atoms with Crippen molar-refractivity contribution in [3.63, 3.8) is 0 Å². The Balaban J connectivity index is 3.79. The van der Waals surface area contributed by atoms with E-state index in [1.807, 2.05) is 0 Å². The Morgan fingerprint density at radius 3 is 2.33 bits per heavy atom. The Morgan fingerprint density at radius 1 is 1.42 bits per heavy atom. The number of nitrogens with one attached hydrogen (secondary N) is 2. The van der Waals surface area contributed by atoms with Crippen LogP contribution >= 0.6 is 0 Å². The lowest BCUT2D eigenvalue weighted by Gasteiger charge is -2.11. The van der Waals surface area contributed by atoms with Gasteiger partial charge in [-0.1, -0.05) is 0 Å². The zero-order valence-corrected chi connectivity index (χ0v) is 6.70. The number of carboxylic acids is 2. The molecule has 4 N–H and O–H groups in total. The van der Waals surface area contributed by atoms with E-state index in [-0.39, 0.29) is 12.8 Å². The Labute approximate surface area is 69.5 Å². The van der Waals surface area contributed by atoms with Gasteiger partial charge in [-0.05, 0) is 13.5 Å². The Hall–Kier alpha value is -1.14. The first kappa shape index (κ1) is 10.9. The van der Waals surface area contributed by atoms with E-state index in [9.17, 15) is 9.59 Å². The van der Waals surface area contributed by atoms with Crippen molar-refractivity contribution in [1.29, 1.82) is 0 Å². The maximum absolute atomic E-state index is 10.4. The van der Waals surface area contributed by atoms with E-state index in [0.29, 0.717) is 0 Å². The standard InChI is InChI=1S/C6H12N2O4/c1-7-8-4(6(11)12)2-3-5(9)10/h4,7-8H,2-3H2,1H3,(H,9,10)(H,11,12)/t4-/m0/s1. The minimum absolute atomic E-state index is 0.0610. The van der Waals surface area contributed by atoms with Crippen molar-refractivity contribution in [2.24, 2.45) is 0 Å². The van der Waals surface area contributed by atoms with Gasteiger partial charge in [0.1, 0.15) is 6.04 Å². The van der Waals surface area contributed by atoms with Gasteiger partial charge < -0.3 is 10.2 Å². The minimum Gasteiger partial charge on any atom is -0.481 e. The molecule has 0 aromatic carbocycles. The summed E-state index contributed by atoms with van der Waals surface area (Å²) in [6, 6.07) is -0.855. The molecule has 0 aliphatic rings. The molecule has 12 heavy (non-hydrogen) atoms. The van der Waals surface area contributed by atoms with Crippen LogP contribution in [0.4, 0.5) is 0 Å². The molecule has 6 nitrogen and oxygen atoms in total. The van der Waals surface area contributed by atoms with Gasteiger partial charge in [0.2, 0.25) is 0 Å². The van der Waals surface area contributed by atoms with E-state index >= 15 is 0 Å². The highest BCUT2D eigenvalue weighted by atomic mass is 16.4. The molecule has 0 unspecified atom stereocenters. The number of aliphatic carboxylic acids is 2. The van der Waals surface area contributed by atoms with Crippen LogP contribution in [0.5, 0.6) is 0 Å². The van der Waals surface area contributed by atoms with E-state index in [4.69, 9.17) is 10.2 Å². The van der Waals surface area contributed by atoms with E-state index in [0.717, 1.165) is 0 Å². The fraction of sp³-hybridized carbons (Fsp3) is 0.667. The van der Waals surface area contributed by atoms with Crippen LogP contribution in [-0.4, -0.2) is 35.2 Å². The molecule has 0 aromatic heterocycles. The van der Waals surface area contributed by atoms with Crippen LogP contribution in [0.15, 0.2) is 0 Å². The van der Waals surface area contributed by atoms with Gasteiger partial charge in [0.15, 0.2) is 0 Å². The summed E-state index contributed by atoms with van der Waals surface area (Å²) in [6.07, 6.45) is -0.100. The first-order chi connectivity index (χ1) is 5.57. The zero-order valence-electron chi connectivity index (χ0n) is 6.70. The van der Waals surface area contributed by atoms with Crippen molar-refractivity contribution < 1.29 is 19.8 Å². The van der Waals surface area contributed by atoms with E-state index in [1.165, 1.54) is 7.05 Å². The maximum Gasteiger partial charge on any atom is 0.322 e. The van der Waals surface area contributed by atoms with Crippen molar-refractivity contribution in [1.82, 2.24) is 10.9 Å². The second-order valence-electron chi connectivity index (χ2n) is 2.22. The predicted octanol–water partition coefficient (Wildman–Crippen LogP) is -0.972. The Bertz CT molecular complexity index is 171. The molecule has 0 radical (unpaired) electrons. The third kappa shape index (κ3) is 4.64. The summed E-state index contributed by atoms with van der Waals surface area (Å²) in [5.74, 6) is -2.07. The fourth-order valence-corrected chi connectivity index (χ4v) is 0.699. The van der Waals surface area contributed by atoms with Crippen molar-refractivity contribution >= 4 is 11.9 Å². The van der Waals surface area contributed by atoms with Gasteiger partial charge in [-0.2, -0.15) is 0 Å². The molecule has 0 bridgehead atoms. The molecule has 0 saturated heterocycles. The van der Waals surface area contributed by atoms with Gasteiger partial charge in [-0.15, -0.1) is 0 Å². The van der Waals surface area contributed by atoms with E-state index in [1.54, 1.807) is 0 Å². The summed E-state index contributed by atoms with van der Waals surface area (Å²) in [5, 5.41) is 16.8. The molecule has 0 saturated carbocycles. The molecule has 0 aliphatic heterocycles. The largest absolute Gasteiger partial charge is 0.481 e. The molecule has 0 aromatic rings. The van der Waals surface area contributed by atoms with Crippen LogP contribution in [0.3, 0.4) is 0 Å². The second-order valence-corrected chi connectivity index (χ2v) is 2.22. The lowest BCUT2D eigenvalue weighted by molar-refractivity contribution is -0.141. The summed E-state index contributed by atoms with van der Waals surface area (Å²) in [4.78, 5) is 20.5. The van der Waals surface area contributed by atoms with Crippen LogP contribution in [-0.2, 0) is 9.59 Å². The number of hydrogen-bond donors (Lipinski definition) is 4. The number of hydrogen-bond acceptors (Lipinski definition) is 4. The highest BCUT2D eigenvalue weighted by Crippen LogP contribution is 1.96. The smallest absolute Gasteiger partial charge is 0.322 e. The van der Waals surface area contributed by atoms with Crippen molar-refractivity contribution in [2.75, 3.05) is 7.05 Å². The van der Waals surface area contributed by atoms with Crippen LogP contribution in [0, 0.1) is 0 Å². The molecule has 0 amide bonds. The van der Waals surface area contributed by atoms with Crippen molar-refractivity contribution in [3.05, 3.63) is 0 Å². The van der Waals surface area contributed by atoms with Crippen LogP contribution < -0.4 is 10.9 Å². The molecule has 0 spiro atoms. The first-order valence-electron chi connectivity index (χ1n) is 3.44. The SMILES string of the molecule is CNN[C@@H](CCC(=O)O)C(=O)O.